The molecule has 4 nitrogen and oxygen atoms in total. The van der Waals surface area contributed by atoms with E-state index >= 15 is 0 Å². The lowest BCUT2D eigenvalue weighted by atomic mass is 10.0. The van der Waals surface area contributed by atoms with Crippen molar-refractivity contribution in [1.82, 2.24) is 9.27 Å². The molecule has 0 saturated heterocycles. The van der Waals surface area contributed by atoms with Gasteiger partial charge < -0.3 is 16.0 Å². The summed E-state index contributed by atoms with van der Waals surface area (Å²) in [4.78, 5) is 2.20. The zero-order valence-corrected chi connectivity index (χ0v) is 11.3. The normalized spacial score (nSPS) is 13.4. The topological polar surface area (TPSA) is 54.2 Å². The molecule has 0 saturated carbocycles. The highest BCUT2D eigenvalue weighted by Crippen LogP contribution is 2.20. The van der Waals surface area contributed by atoms with Gasteiger partial charge in [-0.2, -0.15) is 4.37 Å². The van der Waals surface area contributed by atoms with E-state index in [2.05, 4.69) is 42.5 Å². The molecule has 0 aromatic carbocycles. The number of hydrogen-bond donors (Lipinski definition) is 2. The summed E-state index contributed by atoms with van der Waals surface area (Å²) in [7, 11) is 4.19. The van der Waals surface area contributed by atoms with Gasteiger partial charge in [0, 0.05) is 18.7 Å². The quantitative estimate of drug-likeness (QED) is 0.802. The number of rotatable bonds is 6. The molecule has 5 heteroatoms. The Morgan fingerprint density at radius 3 is 2.62 bits per heavy atom. The molecular formula is C11H22N4S. The maximum atomic E-state index is 5.61. The smallest absolute Gasteiger partial charge is 0.139 e. The van der Waals surface area contributed by atoms with Crippen molar-refractivity contribution in [2.75, 3.05) is 31.7 Å². The Bertz CT molecular complexity index is 299. The van der Waals surface area contributed by atoms with Crippen molar-refractivity contribution in [3.8, 4) is 0 Å². The van der Waals surface area contributed by atoms with Gasteiger partial charge in [0.25, 0.3) is 0 Å². The second-order valence-corrected chi connectivity index (χ2v) is 5.65. The average Bonchev–Trinajstić information content (AvgIpc) is 2.48. The van der Waals surface area contributed by atoms with Crippen LogP contribution in [0.15, 0.2) is 6.07 Å². The zero-order chi connectivity index (χ0) is 12.1. The number of aromatic nitrogens is 1. The lowest BCUT2D eigenvalue weighted by molar-refractivity contribution is 0.356. The molecule has 0 aliphatic rings. The summed E-state index contributed by atoms with van der Waals surface area (Å²) >= 11 is 1.43. The molecule has 92 valence electrons. The maximum absolute atomic E-state index is 5.61. The first-order valence-electron chi connectivity index (χ1n) is 5.61. The number of anilines is 2. The van der Waals surface area contributed by atoms with Crippen molar-refractivity contribution in [2.45, 2.75) is 26.3 Å². The Labute approximate surface area is 102 Å². The van der Waals surface area contributed by atoms with Crippen LogP contribution >= 0.6 is 11.5 Å². The van der Waals surface area contributed by atoms with Crippen LogP contribution in [0.4, 0.5) is 10.8 Å². The summed E-state index contributed by atoms with van der Waals surface area (Å²) in [6.45, 7) is 5.51. The summed E-state index contributed by atoms with van der Waals surface area (Å²) in [6.07, 6.45) is 1.15. The van der Waals surface area contributed by atoms with Gasteiger partial charge in [-0.05, 0) is 38.0 Å². The molecule has 0 bridgehead atoms. The Balaban J connectivity index is 2.55. The third-order valence-corrected chi connectivity index (χ3v) is 2.95. The fraction of sp³-hybridized carbons (Fsp3) is 0.727. The molecule has 1 aromatic rings. The molecule has 16 heavy (non-hydrogen) atoms. The van der Waals surface area contributed by atoms with E-state index in [1.807, 2.05) is 6.07 Å². The summed E-state index contributed by atoms with van der Waals surface area (Å²) in [5, 5.41) is 4.56. The van der Waals surface area contributed by atoms with Crippen molar-refractivity contribution in [1.29, 1.82) is 0 Å². The number of nitrogen functional groups attached to an aromatic ring is 1. The lowest BCUT2D eigenvalue weighted by Gasteiger charge is -2.23. The third kappa shape index (κ3) is 4.81. The molecule has 0 aliphatic carbocycles. The molecule has 1 aromatic heterocycles. The zero-order valence-electron chi connectivity index (χ0n) is 10.5. The van der Waals surface area contributed by atoms with Crippen LogP contribution in [0.1, 0.15) is 20.3 Å². The first kappa shape index (κ1) is 13.3. The SMILES string of the molecule is CC(C)CC(CN(C)C)Nc1cc(N)ns1. The van der Waals surface area contributed by atoms with Crippen molar-refractivity contribution in [3.63, 3.8) is 0 Å². The number of nitrogens with zero attached hydrogens (tertiary/aromatic N) is 2. The molecule has 0 amide bonds. The second-order valence-electron chi connectivity index (χ2n) is 4.85. The highest BCUT2D eigenvalue weighted by molar-refractivity contribution is 7.10. The van der Waals surface area contributed by atoms with Crippen LogP contribution in [-0.2, 0) is 0 Å². The summed E-state index contributed by atoms with van der Waals surface area (Å²) in [6, 6.07) is 2.35. The van der Waals surface area contributed by atoms with E-state index in [-0.39, 0.29) is 0 Å². The monoisotopic (exact) mass is 242 g/mol. The number of likely N-dealkylation sites (N-methyl/N-ethyl adjacent to an activating group) is 1. The van der Waals surface area contributed by atoms with Crippen molar-refractivity contribution < 1.29 is 0 Å². The largest absolute Gasteiger partial charge is 0.383 e. The molecule has 1 rings (SSSR count). The Morgan fingerprint density at radius 2 is 2.19 bits per heavy atom. The van der Waals surface area contributed by atoms with E-state index < -0.39 is 0 Å². The minimum atomic E-state index is 0.454. The van der Waals surface area contributed by atoms with Gasteiger partial charge in [-0.25, -0.2) is 0 Å². The fourth-order valence-electron chi connectivity index (χ4n) is 1.75. The van der Waals surface area contributed by atoms with Gasteiger partial charge in [0.05, 0.1) is 0 Å². The van der Waals surface area contributed by atoms with E-state index in [4.69, 9.17) is 5.73 Å². The van der Waals surface area contributed by atoms with Crippen LogP contribution in [0.25, 0.3) is 0 Å². The molecule has 1 unspecified atom stereocenters. The summed E-state index contributed by atoms with van der Waals surface area (Å²) in [5.74, 6) is 1.28. The molecule has 0 aliphatic heterocycles. The number of hydrogen-bond acceptors (Lipinski definition) is 5. The van der Waals surface area contributed by atoms with Gasteiger partial charge in [-0.1, -0.05) is 13.8 Å². The molecule has 1 atom stereocenters. The van der Waals surface area contributed by atoms with E-state index in [1.165, 1.54) is 11.5 Å². The summed E-state index contributed by atoms with van der Waals surface area (Å²) < 4.78 is 4.07. The Hall–Kier alpha value is -0.810. The highest BCUT2D eigenvalue weighted by atomic mass is 32.1. The van der Waals surface area contributed by atoms with E-state index in [0.717, 1.165) is 18.0 Å². The van der Waals surface area contributed by atoms with E-state index in [0.29, 0.717) is 17.8 Å². The van der Waals surface area contributed by atoms with E-state index in [9.17, 15) is 0 Å². The first-order valence-corrected chi connectivity index (χ1v) is 6.38. The third-order valence-electron chi connectivity index (χ3n) is 2.22. The lowest BCUT2D eigenvalue weighted by Crippen LogP contribution is -2.33. The number of nitrogens with two attached hydrogens (primary N) is 1. The van der Waals surface area contributed by atoms with Gasteiger partial charge in [0.15, 0.2) is 0 Å². The Kier molecular flexibility index (Phi) is 5.02. The van der Waals surface area contributed by atoms with Crippen molar-refractivity contribution in [3.05, 3.63) is 6.07 Å². The maximum Gasteiger partial charge on any atom is 0.139 e. The van der Waals surface area contributed by atoms with Crippen LogP contribution in [0.5, 0.6) is 0 Å². The van der Waals surface area contributed by atoms with Gasteiger partial charge in [0.2, 0.25) is 0 Å². The van der Waals surface area contributed by atoms with Crippen molar-refractivity contribution >= 4 is 22.4 Å². The van der Waals surface area contributed by atoms with Gasteiger partial charge >= 0.3 is 0 Å². The van der Waals surface area contributed by atoms with Crippen molar-refractivity contribution in [2.24, 2.45) is 5.92 Å². The van der Waals surface area contributed by atoms with Crippen LogP contribution < -0.4 is 11.1 Å². The minimum absolute atomic E-state index is 0.454. The predicted molar refractivity (Wildman–Crippen MR) is 71.9 cm³/mol. The fourth-order valence-corrected chi connectivity index (χ4v) is 2.40. The van der Waals surface area contributed by atoms with Gasteiger partial charge in [-0.3, -0.25) is 0 Å². The molecule has 0 radical (unpaired) electrons. The van der Waals surface area contributed by atoms with Crippen LogP contribution in [0, 0.1) is 5.92 Å². The molecule has 1 heterocycles. The molecule has 3 N–H and O–H groups in total. The van der Waals surface area contributed by atoms with Gasteiger partial charge in [0.1, 0.15) is 10.8 Å². The minimum Gasteiger partial charge on any atom is -0.383 e. The van der Waals surface area contributed by atoms with Crippen LogP contribution in [0.2, 0.25) is 0 Å². The second kappa shape index (κ2) is 6.06. The first-order chi connectivity index (χ1) is 7.47. The highest BCUT2D eigenvalue weighted by Gasteiger charge is 2.13. The standard InChI is InChI=1S/C11H22N4S/c1-8(2)5-9(7-15(3)4)13-11-6-10(12)14-16-11/h6,8-9,13H,5,7H2,1-4H3,(H2,12,14). The Morgan fingerprint density at radius 1 is 1.50 bits per heavy atom. The van der Waals surface area contributed by atoms with E-state index in [1.54, 1.807) is 0 Å². The molecule has 0 fully saturated rings. The van der Waals surface area contributed by atoms with Gasteiger partial charge in [-0.15, -0.1) is 0 Å². The average molecular weight is 242 g/mol. The van der Waals surface area contributed by atoms with Crippen LogP contribution in [-0.4, -0.2) is 36.0 Å². The van der Waals surface area contributed by atoms with Crippen LogP contribution in [0.3, 0.4) is 0 Å². The molecular weight excluding hydrogens is 220 g/mol. The summed E-state index contributed by atoms with van der Waals surface area (Å²) in [5.41, 5.74) is 5.61. The number of nitrogens with one attached hydrogen (secondary N) is 1. The molecule has 0 spiro atoms. The predicted octanol–water partition coefficient (Wildman–Crippen LogP) is 2.11.